The van der Waals surface area contributed by atoms with Crippen molar-refractivity contribution in [3.8, 4) is 27.9 Å². The van der Waals surface area contributed by atoms with E-state index in [1.165, 1.54) is 55.3 Å². The van der Waals surface area contributed by atoms with Crippen LogP contribution in [0.2, 0.25) is 0 Å². The summed E-state index contributed by atoms with van der Waals surface area (Å²) < 4.78 is 2.36. The number of fused-ring (bicyclic) bond motifs is 3. The highest BCUT2D eigenvalue weighted by Crippen LogP contribution is 2.32. The van der Waals surface area contributed by atoms with Crippen LogP contribution in [-0.4, -0.2) is 4.57 Å². The van der Waals surface area contributed by atoms with Crippen molar-refractivity contribution >= 4 is 21.8 Å². The third kappa shape index (κ3) is 3.11. The molecule has 6 rings (SSSR count). The Balaban J connectivity index is 1.37. The van der Waals surface area contributed by atoms with Gasteiger partial charge in [0.2, 0.25) is 0 Å². The van der Waals surface area contributed by atoms with E-state index in [-0.39, 0.29) is 0 Å². The Kier molecular flexibility index (Phi) is 4.40. The van der Waals surface area contributed by atoms with Gasteiger partial charge in [0.25, 0.3) is 0 Å². The highest BCUT2D eigenvalue weighted by atomic mass is 15.0. The van der Waals surface area contributed by atoms with Gasteiger partial charge in [-0.3, -0.25) is 0 Å². The van der Waals surface area contributed by atoms with Gasteiger partial charge in [0, 0.05) is 16.5 Å². The van der Waals surface area contributed by atoms with Crippen LogP contribution in [-0.2, 0) is 0 Å². The number of para-hydroxylation sites is 2. The Morgan fingerprint density at radius 3 is 1.25 bits per heavy atom. The molecule has 1 heterocycles. The highest BCUT2D eigenvalue weighted by Gasteiger charge is 2.11. The third-order valence-corrected chi connectivity index (χ3v) is 6.31. The Morgan fingerprint density at radius 2 is 0.781 bits per heavy atom. The van der Waals surface area contributed by atoms with Crippen LogP contribution in [0.3, 0.4) is 0 Å². The summed E-state index contributed by atoms with van der Waals surface area (Å²) in [6.07, 6.45) is 0. The van der Waals surface area contributed by atoms with Gasteiger partial charge in [-0.05, 0) is 53.4 Å². The lowest BCUT2D eigenvalue weighted by Crippen LogP contribution is -1.93. The highest BCUT2D eigenvalue weighted by molar-refractivity contribution is 6.09. The smallest absolute Gasteiger partial charge is 0.0541 e. The number of hydrogen-bond donors (Lipinski definition) is 0. The lowest BCUT2D eigenvalue weighted by atomic mass is 9.99. The normalized spacial score (nSPS) is 11.3. The molecule has 0 saturated heterocycles. The average Bonchev–Trinajstić information content (AvgIpc) is 3.19. The van der Waals surface area contributed by atoms with Crippen LogP contribution in [0.4, 0.5) is 0 Å². The van der Waals surface area contributed by atoms with Crippen molar-refractivity contribution in [3.63, 3.8) is 0 Å². The summed E-state index contributed by atoms with van der Waals surface area (Å²) in [7, 11) is 0. The molecule has 0 atom stereocenters. The molecule has 0 spiro atoms. The Bertz CT molecular complexity index is 1480. The summed E-state index contributed by atoms with van der Waals surface area (Å²) >= 11 is 0. The van der Waals surface area contributed by atoms with E-state index in [0.29, 0.717) is 0 Å². The second-order valence-electron chi connectivity index (χ2n) is 8.36. The van der Waals surface area contributed by atoms with Crippen molar-refractivity contribution in [3.05, 3.63) is 127 Å². The molecule has 0 radical (unpaired) electrons. The van der Waals surface area contributed by atoms with Crippen LogP contribution in [0.25, 0.3) is 49.7 Å². The van der Waals surface area contributed by atoms with E-state index in [0.717, 1.165) is 0 Å². The fraction of sp³-hybridized carbons (Fsp3) is 0.0323. The van der Waals surface area contributed by atoms with Gasteiger partial charge in [0.15, 0.2) is 0 Å². The molecule has 32 heavy (non-hydrogen) atoms. The monoisotopic (exact) mass is 409 g/mol. The zero-order chi connectivity index (χ0) is 21.5. The number of benzene rings is 5. The summed E-state index contributed by atoms with van der Waals surface area (Å²) in [4.78, 5) is 0. The zero-order valence-corrected chi connectivity index (χ0v) is 18.0. The van der Waals surface area contributed by atoms with Crippen molar-refractivity contribution in [2.45, 2.75) is 6.92 Å². The van der Waals surface area contributed by atoms with Gasteiger partial charge in [0.1, 0.15) is 0 Å². The van der Waals surface area contributed by atoms with Crippen LogP contribution in [0.5, 0.6) is 0 Å². The first-order valence-corrected chi connectivity index (χ1v) is 11.0. The van der Waals surface area contributed by atoms with Gasteiger partial charge in [-0.15, -0.1) is 0 Å². The number of nitrogens with zero attached hydrogens (tertiary/aromatic N) is 1. The predicted molar refractivity (Wildman–Crippen MR) is 136 cm³/mol. The van der Waals surface area contributed by atoms with Gasteiger partial charge in [-0.25, -0.2) is 0 Å². The number of hydrogen-bond acceptors (Lipinski definition) is 0. The van der Waals surface area contributed by atoms with E-state index in [9.17, 15) is 0 Å². The molecule has 152 valence electrons. The van der Waals surface area contributed by atoms with E-state index in [4.69, 9.17) is 0 Å². The Labute approximate surface area is 188 Å². The number of rotatable bonds is 3. The first-order valence-electron chi connectivity index (χ1n) is 11.0. The third-order valence-electron chi connectivity index (χ3n) is 6.31. The van der Waals surface area contributed by atoms with Gasteiger partial charge < -0.3 is 4.57 Å². The van der Waals surface area contributed by atoms with E-state index < -0.39 is 0 Å². The van der Waals surface area contributed by atoms with Crippen LogP contribution < -0.4 is 0 Å². The summed E-state index contributed by atoms with van der Waals surface area (Å²) in [5.74, 6) is 0. The maximum Gasteiger partial charge on any atom is 0.0541 e. The van der Waals surface area contributed by atoms with E-state index in [2.05, 4.69) is 133 Å². The number of aromatic nitrogens is 1. The second kappa shape index (κ2) is 7.55. The van der Waals surface area contributed by atoms with Crippen molar-refractivity contribution in [2.75, 3.05) is 0 Å². The number of aryl methyl sites for hydroxylation is 1. The molecule has 1 nitrogen and oxygen atoms in total. The molecular formula is C31H23N. The van der Waals surface area contributed by atoms with Gasteiger partial charge in [-0.1, -0.05) is 103 Å². The molecule has 5 aromatic carbocycles. The van der Waals surface area contributed by atoms with E-state index in [1.807, 2.05) is 0 Å². The zero-order valence-electron chi connectivity index (χ0n) is 18.0. The minimum Gasteiger partial charge on any atom is -0.309 e. The molecule has 1 aromatic heterocycles. The fourth-order valence-corrected chi connectivity index (χ4v) is 4.60. The summed E-state index contributed by atoms with van der Waals surface area (Å²) in [6, 6.07) is 43.7. The first-order chi connectivity index (χ1) is 15.8. The fourth-order valence-electron chi connectivity index (χ4n) is 4.60. The first kappa shape index (κ1) is 18.7. The van der Waals surface area contributed by atoms with Gasteiger partial charge in [-0.2, -0.15) is 0 Å². The standard InChI is InChI=1S/C31H23N/c1-22-10-12-23(13-11-22)24-14-16-25(17-15-24)26-18-20-27(21-19-26)32-30-8-4-2-6-28(30)29-7-3-5-9-31(29)32/h2-21H,1H3. The van der Waals surface area contributed by atoms with Gasteiger partial charge >= 0.3 is 0 Å². The van der Waals surface area contributed by atoms with Crippen molar-refractivity contribution < 1.29 is 0 Å². The van der Waals surface area contributed by atoms with Crippen molar-refractivity contribution in [1.29, 1.82) is 0 Å². The summed E-state index contributed by atoms with van der Waals surface area (Å²) in [6.45, 7) is 2.12. The molecule has 0 aliphatic carbocycles. The largest absolute Gasteiger partial charge is 0.309 e. The quantitative estimate of drug-likeness (QED) is 0.276. The molecule has 0 amide bonds. The molecule has 0 saturated carbocycles. The molecule has 0 N–H and O–H groups in total. The molecule has 0 fully saturated rings. The maximum atomic E-state index is 2.36. The topological polar surface area (TPSA) is 4.93 Å². The molecule has 1 heteroatoms. The SMILES string of the molecule is Cc1ccc(-c2ccc(-c3ccc(-n4c5ccccc5c5ccccc54)cc3)cc2)cc1. The Hall–Kier alpha value is -4.10. The van der Waals surface area contributed by atoms with Crippen molar-refractivity contribution in [1.82, 2.24) is 4.57 Å². The Morgan fingerprint density at radius 1 is 0.406 bits per heavy atom. The van der Waals surface area contributed by atoms with Gasteiger partial charge in [0.05, 0.1) is 11.0 Å². The molecule has 0 aliphatic heterocycles. The molecule has 0 unspecified atom stereocenters. The lowest BCUT2D eigenvalue weighted by molar-refractivity contribution is 1.18. The molecule has 6 aromatic rings. The average molecular weight is 410 g/mol. The van der Waals surface area contributed by atoms with Crippen molar-refractivity contribution in [2.24, 2.45) is 0 Å². The second-order valence-corrected chi connectivity index (χ2v) is 8.36. The predicted octanol–water partition coefficient (Wildman–Crippen LogP) is 8.43. The molecule has 0 bridgehead atoms. The maximum absolute atomic E-state index is 2.36. The van der Waals surface area contributed by atoms with Crippen LogP contribution >= 0.6 is 0 Å². The van der Waals surface area contributed by atoms with E-state index in [1.54, 1.807) is 0 Å². The van der Waals surface area contributed by atoms with Crippen LogP contribution in [0.1, 0.15) is 5.56 Å². The minimum atomic E-state index is 1.18. The van der Waals surface area contributed by atoms with Crippen LogP contribution in [0, 0.1) is 6.92 Å². The van der Waals surface area contributed by atoms with E-state index >= 15 is 0 Å². The minimum absolute atomic E-state index is 1.18. The molecule has 0 aliphatic rings. The molecular weight excluding hydrogens is 386 g/mol. The summed E-state index contributed by atoms with van der Waals surface area (Å²) in [5.41, 5.74) is 9.91. The lowest BCUT2D eigenvalue weighted by Gasteiger charge is -2.10. The van der Waals surface area contributed by atoms with Crippen LogP contribution in [0.15, 0.2) is 121 Å². The summed E-state index contributed by atoms with van der Waals surface area (Å²) in [5, 5.41) is 2.58.